The summed E-state index contributed by atoms with van der Waals surface area (Å²) in [6.07, 6.45) is 1.39. The molecule has 0 aliphatic heterocycles. The number of aromatic nitrogens is 2. The van der Waals surface area contributed by atoms with Gasteiger partial charge in [0.2, 0.25) is 9.84 Å². The number of carboxylic acid groups (broad SMARTS) is 1. The average molecular weight is 382 g/mol. The van der Waals surface area contributed by atoms with Gasteiger partial charge >= 0.3 is 5.97 Å². The fourth-order valence-electron chi connectivity index (χ4n) is 2.43. The van der Waals surface area contributed by atoms with Crippen molar-refractivity contribution in [2.75, 3.05) is 0 Å². The van der Waals surface area contributed by atoms with Gasteiger partial charge < -0.3 is 5.11 Å². The molecule has 0 bridgehead atoms. The van der Waals surface area contributed by atoms with Gasteiger partial charge in [-0.1, -0.05) is 36.4 Å². The molecule has 0 atom stereocenters. The van der Waals surface area contributed by atoms with E-state index in [0.717, 1.165) is 0 Å². The van der Waals surface area contributed by atoms with Crippen molar-refractivity contribution < 1.29 is 23.1 Å². The normalized spacial score (nSPS) is 11.1. The smallest absolute Gasteiger partial charge is 0.335 e. The van der Waals surface area contributed by atoms with Crippen molar-refractivity contribution >= 4 is 21.6 Å². The number of hydrogen-bond acceptors (Lipinski definition) is 6. The van der Waals surface area contributed by atoms with Gasteiger partial charge in [0.1, 0.15) is 0 Å². The molecule has 0 radical (unpaired) electrons. The van der Waals surface area contributed by atoms with Crippen LogP contribution >= 0.6 is 0 Å². The van der Waals surface area contributed by atoms with Gasteiger partial charge in [-0.25, -0.2) is 13.2 Å². The number of rotatable bonds is 6. The molecular weight excluding hydrogens is 368 g/mol. The molecule has 1 aromatic heterocycles. The van der Waals surface area contributed by atoms with E-state index >= 15 is 0 Å². The fraction of sp³-hybridized carbons (Fsp3) is 0.0526. The maximum Gasteiger partial charge on any atom is 0.335 e. The van der Waals surface area contributed by atoms with E-state index in [1.54, 1.807) is 12.1 Å². The Morgan fingerprint density at radius 1 is 0.852 bits per heavy atom. The number of ketones is 1. The van der Waals surface area contributed by atoms with Crippen LogP contribution in [0.25, 0.3) is 0 Å². The van der Waals surface area contributed by atoms with E-state index in [1.807, 2.05) is 0 Å². The third kappa shape index (κ3) is 4.24. The van der Waals surface area contributed by atoms with Crippen molar-refractivity contribution in [2.45, 2.75) is 10.8 Å². The second-order valence-corrected chi connectivity index (χ2v) is 7.67. The summed E-state index contributed by atoms with van der Waals surface area (Å²) in [6, 6.07) is 14.7. The number of benzene rings is 2. The lowest BCUT2D eigenvalue weighted by molar-refractivity contribution is 0.0696. The van der Waals surface area contributed by atoms with E-state index in [0.29, 0.717) is 16.7 Å². The van der Waals surface area contributed by atoms with Gasteiger partial charge in [0.05, 0.1) is 11.3 Å². The van der Waals surface area contributed by atoms with E-state index in [4.69, 9.17) is 5.11 Å². The topological polar surface area (TPSA) is 114 Å². The molecule has 1 N–H and O–H groups in total. The summed E-state index contributed by atoms with van der Waals surface area (Å²) in [5, 5.41) is 16.0. The molecule has 0 aliphatic rings. The summed E-state index contributed by atoms with van der Waals surface area (Å²) in [6.45, 7) is 0. The molecule has 2 aromatic carbocycles. The monoisotopic (exact) mass is 382 g/mol. The van der Waals surface area contributed by atoms with E-state index in [-0.39, 0.29) is 22.1 Å². The number of hydrogen-bond donors (Lipinski definition) is 1. The van der Waals surface area contributed by atoms with Gasteiger partial charge in [0.25, 0.3) is 0 Å². The van der Waals surface area contributed by atoms with Crippen LogP contribution in [0.3, 0.4) is 0 Å². The molecule has 7 nitrogen and oxygen atoms in total. The Bertz CT molecular complexity index is 1080. The first-order chi connectivity index (χ1) is 12.9. The number of carboxylic acids is 1. The van der Waals surface area contributed by atoms with Crippen LogP contribution in [0.15, 0.2) is 71.9 Å². The average Bonchev–Trinajstić information content (AvgIpc) is 2.68. The molecule has 3 aromatic rings. The first-order valence-corrected chi connectivity index (χ1v) is 9.49. The second-order valence-electron chi connectivity index (χ2n) is 5.73. The molecule has 0 amide bonds. The lowest BCUT2D eigenvalue weighted by Crippen LogP contribution is -2.08. The van der Waals surface area contributed by atoms with Crippen LogP contribution in [-0.2, 0) is 15.6 Å². The van der Waals surface area contributed by atoms with Gasteiger partial charge in [-0.05, 0) is 29.8 Å². The van der Waals surface area contributed by atoms with Crippen molar-refractivity contribution in [2.24, 2.45) is 0 Å². The molecule has 27 heavy (non-hydrogen) atoms. The molecule has 0 unspecified atom stereocenters. The molecule has 0 fully saturated rings. The Morgan fingerprint density at radius 2 is 1.41 bits per heavy atom. The quantitative estimate of drug-likeness (QED) is 0.651. The molecule has 8 heteroatoms. The Labute approximate surface area is 155 Å². The van der Waals surface area contributed by atoms with Gasteiger partial charge in [0.15, 0.2) is 10.8 Å². The molecule has 136 valence electrons. The number of carbonyl (C=O) groups excluding carboxylic acids is 1. The van der Waals surface area contributed by atoms with Gasteiger partial charge in [-0.15, -0.1) is 5.10 Å². The summed E-state index contributed by atoms with van der Waals surface area (Å²) < 4.78 is 24.6. The highest BCUT2D eigenvalue weighted by atomic mass is 32.2. The Kier molecular flexibility index (Phi) is 5.09. The zero-order valence-electron chi connectivity index (χ0n) is 13.9. The van der Waals surface area contributed by atoms with Crippen molar-refractivity contribution in [3.05, 3.63) is 89.1 Å². The minimum Gasteiger partial charge on any atom is -0.478 e. The Hall–Kier alpha value is -3.39. The summed E-state index contributed by atoms with van der Waals surface area (Å²) in [5.74, 6) is -1.61. The van der Waals surface area contributed by atoms with E-state index < -0.39 is 15.8 Å². The number of aromatic carboxylic acids is 1. The molecule has 0 spiro atoms. The van der Waals surface area contributed by atoms with E-state index in [2.05, 4.69) is 10.2 Å². The highest BCUT2D eigenvalue weighted by Gasteiger charge is 2.18. The molecule has 1 heterocycles. The minimum absolute atomic E-state index is 0.0936. The lowest BCUT2D eigenvalue weighted by Gasteiger charge is -2.05. The van der Waals surface area contributed by atoms with Crippen LogP contribution < -0.4 is 0 Å². The lowest BCUT2D eigenvalue weighted by atomic mass is 10.0. The first-order valence-electron chi connectivity index (χ1n) is 7.84. The zero-order chi connectivity index (χ0) is 19.4. The predicted molar refractivity (Wildman–Crippen MR) is 96.2 cm³/mol. The van der Waals surface area contributed by atoms with E-state index in [1.165, 1.54) is 54.7 Å². The highest BCUT2D eigenvalue weighted by Crippen LogP contribution is 2.16. The summed E-state index contributed by atoms with van der Waals surface area (Å²) in [5.41, 5.74) is 1.33. The maximum atomic E-state index is 12.5. The molecule has 0 saturated carbocycles. The summed E-state index contributed by atoms with van der Waals surface area (Å²) >= 11 is 0. The van der Waals surface area contributed by atoms with Crippen LogP contribution in [0, 0.1) is 0 Å². The zero-order valence-corrected chi connectivity index (χ0v) is 14.8. The second kappa shape index (κ2) is 7.46. The number of nitrogens with zero attached hydrogens (tertiary/aromatic N) is 2. The van der Waals surface area contributed by atoms with Gasteiger partial charge in [-0.2, -0.15) is 5.10 Å². The molecule has 0 aliphatic carbocycles. The van der Waals surface area contributed by atoms with Crippen LogP contribution in [0.1, 0.15) is 31.8 Å². The van der Waals surface area contributed by atoms with Crippen LogP contribution in [-0.4, -0.2) is 35.5 Å². The standard InChI is InChI=1S/C19H14N2O5S/c22-18(15-7-9-16(10-8-15)19(23)24)14-5-3-13(4-6-14)12-27(25,26)17-2-1-11-20-21-17/h1-11H,12H2,(H,23,24). The number of sulfone groups is 1. The number of carbonyl (C=O) groups is 2. The van der Waals surface area contributed by atoms with Crippen molar-refractivity contribution in [3.8, 4) is 0 Å². The third-order valence-corrected chi connectivity index (χ3v) is 5.40. The first kappa shape index (κ1) is 18.4. The van der Waals surface area contributed by atoms with E-state index in [9.17, 15) is 18.0 Å². The van der Waals surface area contributed by atoms with Crippen LogP contribution in [0.4, 0.5) is 0 Å². The molecule has 0 saturated heterocycles. The summed E-state index contributed by atoms with van der Waals surface area (Å²) in [7, 11) is -3.63. The predicted octanol–water partition coefficient (Wildman–Crippen LogP) is 2.38. The fourth-order valence-corrected chi connectivity index (χ4v) is 3.67. The van der Waals surface area contributed by atoms with Gasteiger partial charge in [0, 0.05) is 17.3 Å². The SMILES string of the molecule is O=C(O)c1ccc(C(=O)c2ccc(CS(=O)(=O)c3cccnn3)cc2)cc1. The highest BCUT2D eigenvalue weighted by molar-refractivity contribution is 7.90. The van der Waals surface area contributed by atoms with Crippen LogP contribution in [0.5, 0.6) is 0 Å². The van der Waals surface area contributed by atoms with Crippen molar-refractivity contribution in [1.29, 1.82) is 0 Å². The minimum atomic E-state index is -3.63. The summed E-state index contributed by atoms with van der Waals surface area (Å²) in [4.78, 5) is 23.3. The van der Waals surface area contributed by atoms with Crippen molar-refractivity contribution in [3.63, 3.8) is 0 Å². The van der Waals surface area contributed by atoms with Gasteiger partial charge in [-0.3, -0.25) is 4.79 Å². The Morgan fingerprint density at radius 3 is 1.93 bits per heavy atom. The molecule has 3 rings (SSSR count). The maximum absolute atomic E-state index is 12.5. The largest absolute Gasteiger partial charge is 0.478 e. The Balaban J connectivity index is 1.77. The van der Waals surface area contributed by atoms with Crippen molar-refractivity contribution in [1.82, 2.24) is 10.2 Å². The van der Waals surface area contributed by atoms with Crippen LogP contribution in [0.2, 0.25) is 0 Å². The third-order valence-electron chi connectivity index (χ3n) is 3.83. The molecular formula is C19H14N2O5S.